The number of thiazole rings is 1. The fourth-order valence-corrected chi connectivity index (χ4v) is 3.89. The molecule has 1 aliphatic heterocycles. The van der Waals surface area contributed by atoms with Crippen molar-refractivity contribution in [1.29, 1.82) is 0 Å². The summed E-state index contributed by atoms with van der Waals surface area (Å²) < 4.78 is 5.08. The summed E-state index contributed by atoms with van der Waals surface area (Å²) in [5, 5.41) is 13.3. The van der Waals surface area contributed by atoms with Crippen molar-refractivity contribution in [3.63, 3.8) is 0 Å². The van der Waals surface area contributed by atoms with E-state index in [9.17, 15) is 9.90 Å². The lowest BCUT2D eigenvalue weighted by Crippen LogP contribution is -2.29. The molecule has 0 spiro atoms. The molecule has 0 atom stereocenters. The number of rotatable bonds is 5. The Morgan fingerprint density at radius 1 is 1.42 bits per heavy atom. The Morgan fingerprint density at radius 3 is 2.85 bits per heavy atom. The monoisotopic (exact) mass is 373 g/mol. The molecule has 0 bridgehead atoms. The smallest absolute Gasteiger partial charge is 0.223 e. The minimum absolute atomic E-state index is 0.0942. The number of nitrogens with zero attached hydrogens (tertiary/aromatic N) is 2. The zero-order valence-electron chi connectivity index (χ0n) is 15.0. The summed E-state index contributed by atoms with van der Waals surface area (Å²) in [5.74, 6) is 0.563. The SMILES string of the molecule is COc1ccc(C=C2CCN(Cc3cnc(NC(C)=O)s3)CC2)cc1O. The largest absolute Gasteiger partial charge is 0.504 e. The maximum absolute atomic E-state index is 11.1. The van der Waals surface area contributed by atoms with Gasteiger partial charge < -0.3 is 15.2 Å². The average Bonchev–Trinajstić information content (AvgIpc) is 3.03. The fraction of sp³-hybridized carbons (Fsp3) is 0.368. The van der Waals surface area contributed by atoms with Crippen LogP contribution < -0.4 is 10.1 Å². The highest BCUT2D eigenvalue weighted by Gasteiger charge is 2.16. The van der Waals surface area contributed by atoms with Crippen LogP contribution >= 0.6 is 11.3 Å². The van der Waals surface area contributed by atoms with Crippen molar-refractivity contribution >= 4 is 28.5 Å². The van der Waals surface area contributed by atoms with Crippen molar-refractivity contribution in [2.45, 2.75) is 26.3 Å². The Kier molecular flexibility index (Phi) is 5.90. The zero-order chi connectivity index (χ0) is 18.5. The molecule has 26 heavy (non-hydrogen) atoms. The lowest BCUT2D eigenvalue weighted by molar-refractivity contribution is -0.114. The van der Waals surface area contributed by atoms with Gasteiger partial charge in [0, 0.05) is 37.6 Å². The van der Waals surface area contributed by atoms with E-state index >= 15 is 0 Å². The van der Waals surface area contributed by atoms with Gasteiger partial charge >= 0.3 is 0 Å². The third-order valence-corrected chi connectivity index (χ3v) is 5.19. The first kappa shape index (κ1) is 18.4. The molecule has 3 rings (SSSR count). The molecule has 7 heteroatoms. The Balaban J connectivity index is 1.54. The Labute approximate surface area is 157 Å². The van der Waals surface area contributed by atoms with Gasteiger partial charge in [0.25, 0.3) is 0 Å². The van der Waals surface area contributed by atoms with Gasteiger partial charge in [-0.2, -0.15) is 0 Å². The van der Waals surface area contributed by atoms with Gasteiger partial charge in [0.15, 0.2) is 16.6 Å². The standard InChI is InChI=1S/C19H23N3O3S/c1-13(23)21-19-20-11-16(26-19)12-22-7-5-14(6-8-22)9-15-3-4-18(25-2)17(24)10-15/h3-4,9-11,24H,5-8,12H2,1-2H3,(H,20,21,23). The first-order chi connectivity index (χ1) is 12.5. The second-order valence-corrected chi connectivity index (χ2v) is 7.44. The molecule has 1 fully saturated rings. The molecule has 0 unspecified atom stereocenters. The number of hydrogen-bond donors (Lipinski definition) is 2. The number of anilines is 1. The second kappa shape index (κ2) is 8.33. The number of ether oxygens (including phenoxy) is 1. The molecule has 138 valence electrons. The van der Waals surface area contributed by atoms with E-state index in [0.29, 0.717) is 10.9 Å². The van der Waals surface area contributed by atoms with Crippen molar-refractivity contribution in [1.82, 2.24) is 9.88 Å². The molecule has 1 saturated heterocycles. The van der Waals surface area contributed by atoms with Crippen LogP contribution in [0.3, 0.4) is 0 Å². The van der Waals surface area contributed by atoms with Crippen molar-refractivity contribution < 1.29 is 14.6 Å². The van der Waals surface area contributed by atoms with Crippen LogP contribution in [0.1, 0.15) is 30.2 Å². The van der Waals surface area contributed by atoms with E-state index in [0.717, 1.165) is 42.9 Å². The van der Waals surface area contributed by atoms with Gasteiger partial charge in [0.1, 0.15) is 0 Å². The molecule has 0 aliphatic carbocycles. The van der Waals surface area contributed by atoms with E-state index < -0.39 is 0 Å². The predicted molar refractivity (Wildman–Crippen MR) is 104 cm³/mol. The fourth-order valence-electron chi connectivity index (χ4n) is 2.98. The van der Waals surface area contributed by atoms with Crippen LogP contribution in [0.5, 0.6) is 11.5 Å². The van der Waals surface area contributed by atoms with Crippen LogP contribution in [0.15, 0.2) is 30.0 Å². The number of phenols is 1. The third-order valence-electron chi connectivity index (χ3n) is 4.29. The van der Waals surface area contributed by atoms with Gasteiger partial charge in [-0.3, -0.25) is 9.69 Å². The molecule has 2 N–H and O–H groups in total. The number of methoxy groups -OCH3 is 1. The van der Waals surface area contributed by atoms with E-state index in [1.54, 1.807) is 19.2 Å². The molecule has 0 saturated carbocycles. The summed E-state index contributed by atoms with van der Waals surface area (Å²) >= 11 is 1.52. The number of phenolic OH excluding ortho intramolecular Hbond substituents is 1. The molecule has 6 nitrogen and oxygen atoms in total. The topological polar surface area (TPSA) is 74.7 Å². The highest BCUT2D eigenvalue weighted by atomic mass is 32.1. The van der Waals surface area contributed by atoms with Crippen LogP contribution in [-0.4, -0.2) is 41.1 Å². The van der Waals surface area contributed by atoms with E-state index in [4.69, 9.17) is 4.74 Å². The summed E-state index contributed by atoms with van der Waals surface area (Å²) in [4.78, 5) is 18.9. The molecular weight excluding hydrogens is 350 g/mol. The molecule has 1 amide bonds. The Morgan fingerprint density at radius 2 is 2.19 bits per heavy atom. The maximum atomic E-state index is 11.1. The lowest BCUT2D eigenvalue weighted by Gasteiger charge is -2.27. The number of aromatic hydroxyl groups is 1. The summed E-state index contributed by atoms with van der Waals surface area (Å²) in [6, 6.07) is 5.48. The first-order valence-electron chi connectivity index (χ1n) is 8.54. The second-order valence-electron chi connectivity index (χ2n) is 6.32. The molecule has 1 aliphatic rings. The third kappa shape index (κ3) is 4.83. The molecule has 2 heterocycles. The number of benzene rings is 1. The van der Waals surface area contributed by atoms with Crippen molar-refractivity contribution in [2.24, 2.45) is 0 Å². The molecule has 0 radical (unpaired) electrons. The number of nitrogens with one attached hydrogen (secondary N) is 1. The lowest BCUT2D eigenvalue weighted by atomic mass is 10.0. The number of aromatic nitrogens is 1. The summed E-state index contributed by atoms with van der Waals surface area (Å²) in [6.07, 6.45) is 5.99. The molecule has 1 aromatic carbocycles. The minimum atomic E-state index is -0.0942. The van der Waals surface area contributed by atoms with Crippen LogP contribution in [0.25, 0.3) is 6.08 Å². The van der Waals surface area contributed by atoms with Crippen LogP contribution in [0, 0.1) is 0 Å². The van der Waals surface area contributed by atoms with Gasteiger partial charge in [-0.15, -0.1) is 11.3 Å². The number of piperidine rings is 1. The Hall–Kier alpha value is -2.38. The number of carbonyl (C=O) groups excluding carboxylic acids is 1. The van der Waals surface area contributed by atoms with Gasteiger partial charge in [0.2, 0.25) is 5.91 Å². The van der Waals surface area contributed by atoms with Gasteiger partial charge in [-0.1, -0.05) is 17.7 Å². The molecular formula is C19H23N3O3S. The van der Waals surface area contributed by atoms with Gasteiger partial charge in [-0.05, 0) is 30.5 Å². The minimum Gasteiger partial charge on any atom is -0.504 e. The van der Waals surface area contributed by atoms with Gasteiger partial charge in [-0.25, -0.2) is 4.98 Å². The predicted octanol–water partition coefficient (Wildman–Crippen LogP) is 3.50. The molecule has 1 aromatic heterocycles. The number of likely N-dealkylation sites (tertiary alicyclic amines) is 1. The highest BCUT2D eigenvalue weighted by Crippen LogP contribution is 2.29. The van der Waals surface area contributed by atoms with Crippen LogP contribution in [0.4, 0.5) is 5.13 Å². The maximum Gasteiger partial charge on any atom is 0.223 e. The van der Waals surface area contributed by atoms with E-state index in [1.807, 2.05) is 12.3 Å². The number of carbonyl (C=O) groups is 1. The Bertz CT molecular complexity index is 806. The molecule has 2 aromatic rings. The highest BCUT2D eigenvalue weighted by molar-refractivity contribution is 7.15. The summed E-state index contributed by atoms with van der Waals surface area (Å²) in [6.45, 7) is 4.32. The van der Waals surface area contributed by atoms with E-state index in [2.05, 4.69) is 21.3 Å². The van der Waals surface area contributed by atoms with Crippen LogP contribution in [0.2, 0.25) is 0 Å². The van der Waals surface area contributed by atoms with E-state index in [1.165, 1.54) is 23.8 Å². The van der Waals surface area contributed by atoms with Crippen LogP contribution in [-0.2, 0) is 11.3 Å². The summed E-state index contributed by atoms with van der Waals surface area (Å²) in [5.41, 5.74) is 2.38. The number of hydrogen-bond acceptors (Lipinski definition) is 6. The van der Waals surface area contributed by atoms with Crippen molar-refractivity contribution in [2.75, 3.05) is 25.5 Å². The van der Waals surface area contributed by atoms with E-state index in [-0.39, 0.29) is 11.7 Å². The summed E-state index contributed by atoms with van der Waals surface area (Å²) in [7, 11) is 1.55. The van der Waals surface area contributed by atoms with Crippen molar-refractivity contribution in [3.8, 4) is 11.5 Å². The first-order valence-corrected chi connectivity index (χ1v) is 9.36. The normalized spacial score (nSPS) is 14.9. The quantitative estimate of drug-likeness (QED) is 0.839. The van der Waals surface area contributed by atoms with Crippen molar-refractivity contribution in [3.05, 3.63) is 40.4 Å². The number of amides is 1. The zero-order valence-corrected chi connectivity index (χ0v) is 15.8. The average molecular weight is 373 g/mol. The van der Waals surface area contributed by atoms with Gasteiger partial charge in [0.05, 0.1) is 7.11 Å².